The second-order valence-corrected chi connectivity index (χ2v) is 5.20. The molecule has 0 aliphatic heterocycles. The molecular formula is C18H24O2. The fourth-order valence-electron chi connectivity index (χ4n) is 2.15. The van der Waals surface area contributed by atoms with E-state index >= 15 is 0 Å². The monoisotopic (exact) mass is 272 g/mol. The summed E-state index contributed by atoms with van der Waals surface area (Å²) < 4.78 is 5.45. The molecule has 0 saturated carbocycles. The summed E-state index contributed by atoms with van der Waals surface area (Å²) in [5.74, 6) is 0.336. The molecule has 0 amide bonds. The molecule has 1 aromatic rings. The number of rotatable bonds is 8. The molecule has 0 bridgehead atoms. The van der Waals surface area contributed by atoms with Crippen LogP contribution in [0, 0.1) is 5.92 Å². The maximum atomic E-state index is 11.8. The van der Waals surface area contributed by atoms with Crippen molar-refractivity contribution in [3.05, 3.63) is 60.7 Å². The second kappa shape index (κ2) is 9.13. The highest BCUT2D eigenvalue weighted by atomic mass is 16.5. The zero-order chi connectivity index (χ0) is 14.8. The fourth-order valence-corrected chi connectivity index (χ4v) is 2.15. The minimum Gasteiger partial charge on any atom is -0.462 e. The van der Waals surface area contributed by atoms with Crippen molar-refractivity contribution in [1.82, 2.24) is 0 Å². The highest BCUT2D eigenvalue weighted by molar-refractivity contribution is 5.72. The van der Waals surface area contributed by atoms with Crippen LogP contribution in [0.4, 0.5) is 0 Å². The van der Waals surface area contributed by atoms with E-state index in [0.29, 0.717) is 12.3 Å². The molecule has 0 aliphatic carbocycles. The molecule has 2 heteroatoms. The van der Waals surface area contributed by atoms with Crippen LogP contribution in [0.1, 0.15) is 32.3 Å². The van der Waals surface area contributed by atoms with E-state index < -0.39 is 0 Å². The van der Waals surface area contributed by atoms with E-state index in [1.165, 1.54) is 0 Å². The van der Waals surface area contributed by atoms with Crippen molar-refractivity contribution >= 4 is 5.97 Å². The van der Waals surface area contributed by atoms with Crippen molar-refractivity contribution in [1.29, 1.82) is 0 Å². The number of carbonyl (C=O) groups is 1. The van der Waals surface area contributed by atoms with Crippen LogP contribution >= 0.6 is 0 Å². The van der Waals surface area contributed by atoms with Crippen LogP contribution in [0.3, 0.4) is 0 Å². The van der Waals surface area contributed by atoms with Gasteiger partial charge in [0.1, 0.15) is 0 Å². The molecule has 0 aromatic heterocycles. The summed E-state index contributed by atoms with van der Waals surface area (Å²) in [6, 6.07) is 9.68. The zero-order valence-electron chi connectivity index (χ0n) is 12.4. The Kier molecular flexibility index (Phi) is 7.41. The molecule has 2 atom stereocenters. The number of ether oxygens (including phenoxy) is 1. The molecule has 0 aliphatic rings. The Morgan fingerprint density at radius 1 is 1.30 bits per heavy atom. The van der Waals surface area contributed by atoms with Crippen LogP contribution in [0.5, 0.6) is 0 Å². The van der Waals surface area contributed by atoms with Crippen LogP contribution in [0.15, 0.2) is 55.1 Å². The van der Waals surface area contributed by atoms with Crippen molar-refractivity contribution in [2.75, 3.05) is 0 Å². The molecule has 0 N–H and O–H groups in total. The summed E-state index contributed by atoms with van der Waals surface area (Å²) in [4.78, 5) is 11.8. The van der Waals surface area contributed by atoms with Gasteiger partial charge < -0.3 is 4.74 Å². The average Bonchev–Trinajstić information content (AvgIpc) is 2.39. The Morgan fingerprint density at radius 3 is 2.65 bits per heavy atom. The Labute approximate surface area is 122 Å². The van der Waals surface area contributed by atoms with Gasteiger partial charge in [-0.1, -0.05) is 62.1 Å². The SMILES string of the molecule is C=C/C=C/CC(C)CC(C)OC(=O)Cc1ccccc1. The molecule has 0 heterocycles. The van der Waals surface area contributed by atoms with Gasteiger partial charge in [0.05, 0.1) is 12.5 Å². The topological polar surface area (TPSA) is 26.3 Å². The van der Waals surface area contributed by atoms with Gasteiger partial charge in [-0.3, -0.25) is 4.79 Å². The molecule has 2 unspecified atom stereocenters. The summed E-state index contributed by atoms with van der Waals surface area (Å²) in [6.45, 7) is 7.76. The number of hydrogen-bond acceptors (Lipinski definition) is 2. The minimum absolute atomic E-state index is 0.0432. The maximum Gasteiger partial charge on any atom is 0.310 e. The van der Waals surface area contributed by atoms with Crippen molar-refractivity contribution in [3.8, 4) is 0 Å². The van der Waals surface area contributed by atoms with E-state index in [0.717, 1.165) is 18.4 Å². The van der Waals surface area contributed by atoms with Gasteiger partial charge in [-0.05, 0) is 31.2 Å². The van der Waals surface area contributed by atoms with Gasteiger partial charge >= 0.3 is 5.97 Å². The lowest BCUT2D eigenvalue weighted by atomic mass is 10.0. The van der Waals surface area contributed by atoms with E-state index in [1.54, 1.807) is 6.08 Å². The van der Waals surface area contributed by atoms with Gasteiger partial charge in [0.2, 0.25) is 0 Å². The van der Waals surface area contributed by atoms with Crippen LogP contribution in [0.25, 0.3) is 0 Å². The lowest BCUT2D eigenvalue weighted by Gasteiger charge is -2.17. The molecule has 0 saturated heterocycles. The predicted molar refractivity (Wildman–Crippen MR) is 83.4 cm³/mol. The third-order valence-electron chi connectivity index (χ3n) is 3.07. The number of allylic oxidation sites excluding steroid dienone is 3. The Morgan fingerprint density at radius 2 is 2.00 bits per heavy atom. The smallest absolute Gasteiger partial charge is 0.310 e. The quantitative estimate of drug-likeness (QED) is 0.520. The van der Waals surface area contributed by atoms with E-state index in [9.17, 15) is 4.79 Å². The molecule has 1 rings (SSSR count). The lowest BCUT2D eigenvalue weighted by molar-refractivity contribution is -0.148. The van der Waals surface area contributed by atoms with Gasteiger partial charge in [-0.2, -0.15) is 0 Å². The summed E-state index contributed by atoms with van der Waals surface area (Å²) in [7, 11) is 0. The predicted octanol–water partition coefficient (Wildman–Crippen LogP) is 4.32. The van der Waals surface area contributed by atoms with Crippen molar-refractivity contribution in [3.63, 3.8) is 0 Å². The second-order valence-electron chi connectivity index (χ2n) is 5.20. The molecule has 20 heavy (non-hydrogen) atoms. The van der Waals surface area contributed by atoms with Crippen LogP contribution < -0.4 is 0 Å². The highest BCUT2D eigenvalue weighted by Crippen LogP contribution is 2.14. The zero-order valence-corrected chi connectivity index (χ0v) is 12.4. The largest absolute Gasteiger partial charge is 0.462 e. The van der Waals surface area contributed by atoms with E-state index in [4.69, 9.17) is 4.74 Å². The summed E-state index contributed by atoms with van der Waals surface area (Å²) in [5.41, 5.74) is 0.992. The van der Waals surface area contributed by atoms with Crippen LogP contribution in [-0.2, 0) is 16.0 Å². The van der Waals surface area contributed by atoms with Gasteiger partial charge in [0.25, 0.3) is 0 Å². The van der Waals surface area contributed by atoms with E-state index in [1.807, 2.05) is 43.3 Å². The van der Waals surface area contributed by atoms with Gasteiger partial charge in [0.15, 0.2) is 0 Å². The minimum atomic E-state index is -0.155. The number of carbonyl (C=O) groups excluding carboxylic acids is 1. The molecule has 0 fully saturated rings. The standard InChI is InChI=1S/C18H24O2/c1-4-5-7-10-15(2)13-16(3)20-18(19)14-17-11-8-6-9-12-17/h4-9,11-12,15-16H,1,10,13-14H2,2-3H3/b7-5+. The summed E-state index contributed by atoms with van der Waals surface area (Å²) in [5, 5.41) is 0. The molecule has 2 nitrogen and oxygen atoms in total. The summed E-state index contributed by atoms with van der Waals surface area (Å²) >= 11 is 0. The number of esters is 1. The third kappa shape index (κ3) is 6.93. The van der Waals surface area contributed by atoms with Crippen molar-refractivity contribution < 1.29 is 9.53 Å². The van der Waals surface area contributed by atoms with Gasteiger partial charge in [-0.15, -0.1) is 0 Å². The molecule has 0 radical (unpaired) electrons. The Hall–Kier alpha value is -1.83. The Balaban J connectivity index is 2.30. The molecule has 108 valence electrons. The van der Waals surface area contributed by atoms with E-state index in [-0.39, 0.29) is 12.1 Å². The summed E-state index contributed by atoms with van der Waals surface area (Å²) in [6.07, 6.45) is 7.97. The lowest BCUT2D eigenvalue weighted by Crippen LogP contribution is -2.18. The highest BCUT2D eigenvalue weighted by Gasteiger charge is 2.13. The Bertz CT molecular complexity index is 434. The number of hydrogen-bond donors (Lipinski definition) is 0. The molecular weight excluding hydrogens is 248 g/mol. The van der Waals surface area contributed by atoms with Crippen molar-refractivity contribution in [2.45, 2.75) is 39.2 Å². The maximum absolute atomic E-state index is 11.8. The van der Waals surface area contributed by atoms with Gasteiger partial charge in [-0.25, -0.2) is 0 Å². The molecule has 0 spiro atoms. The first-order valence-electron chi connectivity index (χ1n) is 7.12. The number of benzene rings is 1. The van der Waals surface area contributed by atoms with E-state index in [2.05, 4.69) is 19.6 Å². The molecule has 1 aromatic carbocycles. The first-order valence-corrected chi connectivity index (χ1v) is 7.12. The fraction of sp³-hybridized carbons (Fsp3) is 0.389. The first-order chi connectivity index (χ1) is 9.61. The third-order valence-corrected chi connectivity index (χ3v) is 3.07. The van der Waals surface area contributed by atoms with Crippen LogP contribution in [-0.4, -0.2) is 12.1 Å². The first kappa shape index (κ1) is 16.2. The average molecular weight is 272 g/mol. The van der Waals surface area contributed by atoms with Crippen LogP contribution in [0.2, 0.25) is 0 Å². The normalized spacial score (nSPS) is 13.9. The van der Waals surface area contributed by atoms with Crippen molar-refractivity contribution in [2.24, 2.45) is 5.92 Å². The van der Waals surface area contributed by atoms with Gasteiger partial charge in [0, 0.05) is 0 Å².